The summed E-state index contributed by atoms with van der Waals surface area (Å²) in [5, 5.41) is 7.77. The number of hydrogen-bond donors (Lipinski definition) is 2. The van der Waals surface area contributed by atoms with Crippen LogP contribution in [0.1, 0.15) is 11.1 Å². The van der Waals surface area contributed by atoms with Gasteiger partial charge in [0.1, 0.15) is 0 Å². The van der Waals surface area contributed by atoms with Crippen molar-refractivity contribution in [3.63, 3.8) is 0 Å². The molecule has 3 rings (SSSR count). The Balaban J connectivity index is 1.41. The molecule has 0 fully saturated rings. The van der Waals surface area contributed by atoms with Gasteiger partial charge < -0.3 is 20.1 Å². The van der Waals surface area contributed by atoms with Gasteiger partial charge in [-0.15, -0.1) is 0 Å². The first kappa shape index (κ1) is 15.9. The molecule has 1 aliphatic heterocycles. The lowest BCUT2D eigenvalue weighted by molar-refractivity contribution is 0.174. The number of ether oxygens (including phenoxy) is 2. The van der Waals surface area contributed by atoms with Crippen molar-refractivity contribution in [2.75, 3.05) is 13.3 Å². The fourth-order valence-electron chi connectivity index (χ4n) is 2.31. The molecule has 6 heteroatoms. The molecule has 2 aromatic carbocycles. The van der Waals surface area contributed by atoms with Crippen LogP contribution < -0.4 is 20.1 Å². The summed E-state index contributed by atoms with van der Waals surface area (Å²) >= 11 is 11.3. The van der Waals surface area contributed by atoms with Crippen molar-refractivity contribution < 1.29 is 9.47 Å². The molecule has 1 aliphatic rings. The first-order valence-electron chi connectivity index (χ1n) is 7.35. The van der Waals surface area contributed by atoms with Crippen LogP contribution in [-0.4, -0.2) is 18.5 Å². The highest BCUT2D eigenvalue weighted by Gasteiger charge is 2.12. The second-order valence-corrected chi connectivity index (χ2v) is 6.02. The van der Waals surface area contributed by atoms with E-state index < -0.39 is 0 Å². The van der Waals surface area contributed by atoms with E-state index in [9.17, 15) is 0 Å². The highest BCUT2D eigenvalue weighted by atomic mass is 35.5. The summed E-state index contributed by atoms with van der Waals surface area (Å²) in [5.74, 6) is 1.57. The summed E-state index contributed by atoms with van der Waals surface area (Å²) in [5.41, 5.74) is 2.27. The normalized spacial score (nSPS) is 12.0. The molecule has 0 radical (unpaired) electrons. The number of fused-ring (bicyclic) bond motifs is 1. The Morgan fingerprint density at radius 3 is 2.78 bits per heavy atom. The van der Waals surface area contributed by atoms with Crippen LogP contribution in [0.2, 0.25) is 5.02 Å². The standard InChI is InChI=1S/C17H17ClN2O2S/c18-14-3-1-2-12(8-14)6-7-19-17(23)20-10-13-4-5-15-16(9-13)22-11-21-15/h1-5,8-9H,6-7,10-11H2,(H2,19,20,23). The van der Waals surface area contributed by atoms with Crippen LogP contribution in [-0.2, 0) is 13.0 Å². The lowest BCUT2D eigenvalue weighted by Gasteiger charge is -2.11. The molecule has 4 nitrogen and oxygen atoms in total. The molecule has 0 spiro atoms. The molecule has 2 aromatic rings. The molecule has 0 saturated carbocycles. The van der Waals surface area contributed by atoms with Crippen LogP contribution in [0.5, 0.6) is 11.5 Å². The van der Waals surface area contributed by atoms with E-state index >= 15 is 0 Å². The smallest absolute Gasteiger partial charge is 0.231 e. The average Bonchev–Trinajstić information content (AvgIpc) is 3.00. The van der Waals surface area contributed by atoms with Gasteiger partial charge in [0.25, 0.3) is 0 Å². The largest absolute Gasteiger partial charge is 0.454 e. The summed E-state index contributed by atoms with van der Waals surface area (Å²) in [6.07, 6.45) is 0.867. The quantitative estimate of drug-likeness (QED) is 0.812. The van der Waals surface area contributed by atoms with Gasteiger partial charge in [-0.25, -0.2) is 0 Å². The lowest BCUT2D eigenvalue weighted by atomic mass is 10.1. The van der Waals surface area contributed by atoms with E-state index in [1.807, 2.05) is 36.4 Å². The van der Waals surface area contributed by atoms with Gasteiger partial charge in [-0.1, -0.05) is 29.8 Å². The summed E-state index contributed by atoms with van der Waals surface area (Å²) in [6.45, 7) is 1.68. The Labute approximate surface area is 145 Å². The van der Waals surface area contributed by atoms with Crippen LogP contribution >= 0.6 is 23.8 Å². The fraction of sp³-hybridized carbons (Fsp3) is 0.235. The number of nitrogens with one attached hydrogen (secondary N) is 2. The van der Waals surface area contributed by atoms with E-state index in [-0.39, 0.29) is 6.79 Å². The molecule has 0 amide bonds. The second kappa shape index (κ2) is 7.53. The molecular formula is C17H17ClN2O2S. The van der Waals surface area contributed by atoms with Gasteiger partial charge in [-0.3, -0.25) is 0 Å². The molecule has 0 aromatic heterocycles. The van der Waals surface area contributed by atoms with Crippen LogP contribution in [0.4, 0.5) is 0 Å². The number of hydrogen-bond acceptors (Lipinski definition) is 3. The average molecular weight is 349 g/mol. The van der Waals surface area contributed by atoms with E-state index in [4.69, 9.17) is 33.3 Å². The minimum absolute atomic E-state index is 0.287. The van der Waals surface area contributed by atoms with Crippen LogP contribution in [0.3, 0.4) is 0 Å². The van der Waals surface area contributed by atoms with Gasteiger partial charge in [0.05, 0.1) is 0 Å². The van der Waals surface area contributed by atoms with Crippen LogP contribution in [0.25, 0.3) is 0 Å². The Hall–Kier alpha value is -1.98. The number of halogens is 1. The number of thiocarbonyl (C=S) groups is 1. The Morgan fingerprint density at radius 1 is 1.04 bits per heavy atom. The molecule has 120 valence electrons. The van der Waals surface area contributed by atoms with Crippen molar-refractivity contribution in [1.29, 1.82) is 0 Å². The molecule has 0 aliphatic carbocycles. The number of benzene rings is 2. The van der Waals surface area contributed by atoms with Gasteiger partial charge in [0.15, 0.2) is 16.6 Å². The van der Waals surface area contributed by atoms with Crippen molar-refractivity contribution in [2.24, 2.45) is 0 Å². The van der Waals surface area contributed by atoms with Gasteiger partial charge in [0.2, 0.25) is 6.79 Å². The zero-order chi connectivity index (χ0) is 16.1. The first-order valence-corrected chi connectivity index (χ1v) is 8.14. The SMILES string of the molecule is S=C(NCCc1cccc(Cl)c1)NCc1ccc2c(c1)OCO2. The van der Waals surface area contributed by atoms with Gasteiger partial charge >= 0.3 is 0 Å². The van der Waals surface area contributed by atoms with Gasteiger partial charge in [-0.05, 0) is 54.0 Å². The Kier molecular flexibility index (Phi) is 5.20. The Bertz CT molecular complexity index is 709. The molecule has 0 bridgehead atoms. The molecular weight excluding hydrogens is 332 g/mol. The first-order chi connectivity index (χ1) is 11.2. The maximum atomic E-state index is 5.97. The van der Waals surface area contributed by atoms with Crippen LogP contribution in [0.15, 0.2) is 42.5 Å². The summed E-state index contributed by atoms with van der Waals surface area (Å²) < 4.78 is 10.7. The zero-order valence-electron chi connectivity index (χ0n) is 12.5. The highest BCUT2D eigenvalue weighted by molar-refractivity contribution is 7.80. The summed E-state index contributed by atoms with van der Waals surface area (Å²) in [4.78, 5) is 0. The third-order valence-corrected chi connectivity index (χ3v) is 4.00. The van der Waals surface area contributed by atoms with Gasteiger partial charge in [-0.2, -0.15) is 0 Å². The highest BCUT2D eigenvalue weighted by Crippen LogP contribution is 2.32. The topological polar surface area (TPSA) is 42.5 Å². The molecule has 0 unspecified atom stereocenters. The van der Waals surface area contributed by atoms with E-state index in [2.05, 4.69) is 16.7 Å². The number of rotatable bonds is 5. The summed E-state index contributed by atoms with van der Waals surface area (Å²) in [6, 6.07) is 13.7. The minimum Gasteiger partial charge on any atom is -0.454 e. The molecule has 0 atom stereocenters. The lowest BCUT2D eigenvalue weighted by Crippen LogP contribution is -2.35. The maximum absolute atomic E-state index is 5.97. The fourth-order valence-corrected chi connectivity index (χ4v) is 2.70. The Morgan fingerprint density at radius 2 is 1.91 bits per heavy atom. The van der Waals surface area contributed by atoms with Crippen molar-refractivity contribution >= 4 is 28.9 Å². The third kappa shape index (κ3) is 4.50. The monoisotopic (exact) mass is 348 g/mol. The van der Waals surface area contributed by atoms with E-state index in [0.717, 1.165) is 35.1 Å². The van der Waals surface area contributed by atoms with Crippen molar-refractivity contribution in [3.8, 4) is 11.5 Å². The summed E-state index contributed by atoms with van der Waals surface area (Å²) in [7, 11) is 0. The van der Waals surface area contributed by atoms with Crippen LogP contribution in [0, 0.1) is 0 Å². The van der Waals surface area contributed by atoms with Gasteiger partial charge in [0, 0.05) is 18.1 Å². The van der Waals surface area contributed by atoms with Crippen molar-refractivity contribution in [2.45, 2.75) is 13.0 Å². The predicted molar refractivity (Wildman–Crippen MR) is 95.2 cm³/mol. The van der Waals surface area contributed by atoms with E-state index in [1.54, 1.807) is 0 Å². The maximum Gasteiger partial charge on any atom is 0.231 e. The second-order valence-electron chi connectivity index (χ2n) is 5.18. The molecule has 2 N–H and O–H groups in total. The predicted octanol–water partition coefficient (Wildman–Crippen LogP) is 3.28. The van der Waals surface area contributed by atoms with Crippen molar-refractivity contribution in [3.05, 3.63) is 58.6 Å². The zero-order valence-corrected chi connectivity index (χ0v) is 14.0. The van der Waals surface area contributed by atoms with Crippen molar-refractivity contribution in [1.82, 2.24) is 10.6 Å². The van der Waals surface area contributed by atoms with E-state index in [1.165, 1.54) is 5.56 Å². The molecule has 0 saturated heterocycles. The van der Waals surface area contributed by atoms with E-state index in [0.29, 0.717) is 11.7 Å². The minimum atomic E-state index is 0.287. The molecule has 23 heavy (non-hydrogen) atoms. The molecule has 1 heterocycles. The third-order valence-electron chi connectivity index (χ3n) is 3.48.